The van der Waals surface area contributed by atoms with Gasteiger partial charge in [-0.15, -0.1) is 0 Å². The molecule has 0 amide bonds. The molecule has 0 spiro atoms. The molecule has 0 radical (unpaired) electrons. The van der Waals surface area contributed by atoms with Gasteiger partial charge in [0, 0.05) is 25.3 Å². The minimum Gasteiger partial charge on any atom is -0.368 e. The number of aromatic nitrogens is 2. The molecule has 1 aliphatic heterocycles. The maximum atomic E-state index is 5.60. The van der Waals surface area contributed by atoms with Crippen LogP contribution in [0.3, 0.4) is 0 Å². The highest BCUT2D eigenvalue weighted by Gasteiger charge is 2.22. The average Bonchev–Trinajstić information content (AvgIpc) is 2.29. The molecule has 1 aliphatic rings. The second kappa shape index (κ2) is 4.65. The van der Waals surface area contributed by atoms with E-state index in [4.69, 9.17) is 5.73 Å². The number of nitrogens with zero attached hydrogens (tertiary/aromatic N) is 4. The Bertz CT molecular complexity index is 352. The van der Waals surface area contributed by atoms with Crippen molar-refractivity contribution in [2.45, 2.75) is 18.9 Å². The van der Waals surface area contributed by atoms with Gasteiger partial charge in [0.2, 0.25) is 5.95 Å². The van der Waals surface area contributed by atoms with Crippen LogP contribution in [0.2, 0.25) is 0 Å². The standard InChI is InChI=1S/C11H19N5/c1-15(2)9-4-3-7-16(8-9)10-5-6-13-11(12)14-10/h5-6,9H,3-4,7-8H2,1-2H3,(H2,12,13,14). The van der Waals surface area contributed by atoms with Gasteiger partial charge in [0.15, 0.2) is 0 Å². The molecular weight excluding hydrogens is 202 g/mol. The molecule has 5 nitrogen and oxygen atoms in total. The Morgan fingerprint density at radius 3 is 3.00 bits per heavy atom. The molecule has 2 rings (SSSR count). The number of hydrogen-bond donors (Lipinski definition) is 1. The molecule has 1 unspecified atom stereocenters. The monoisotopic (exact) mass is 221 g/mol. The molecule has 2 heterocycles. The topological polar surface area (TPSA) is 58.3 Å². The molecule has 1 saturated heterocycles. The second-order valence-electron chi connectivity index (χ2n) is 4.48. The molecule has 2 N–H and O–H groups in total. The van der Waals surface area contributed by atoms with Crippen molar-refractivity contribution in [3.8, 4) is 0 Å². The van der Waals surface area contributed by atoms with Crippen molar-refractivity contribution >= 4 is 11.8 Å². The van der Waals surface area contributed by atoms with Crippen LogP contribution >= 0.6 is 0 Å². The molecule has 88 valence electrons. The Morgan fingerprint density at radius 1 is 1.50 bits per heavy atom. The first-order chi connectivity index (χ1) is 7.66. The minimum atomic E-state index is 0.351. The zero-order valence-corrected chi connectivity index (χ0v) is 9.93. The number of hydrogen-bond acceptors (Lipinski definition) is 5. The van der Waals surface area contributed by atoms with Crippen LogP contribution in [-0.4, -0.2) is 48.1 Å². The van der Waals surface area contributed by atoms with Crippen molar-refractivity contribution in [3.05, 3.63) is 12.3 Å². The van der Waals surface area contributed by atoms with Crippen molar-refractivity contribution in [1.82, 2.24) is 14.9 Å². The van der Waals surface area contributed by atoms with Crippen LogP contribution in [-0.2, 0) is 0 Å². The highest BCUT2D eigenvalue weighted by atomic mass is 15.3. The van der Waals surface area contributed by atoms with Crippen LogP contribution in [0.5, 0.6) is 0 Å². The largest absolute Gasteiger partial charge is 0.368 e. The van der Waals surface area contributed by atoms with E-state index < -0.39 is 0 Å². The second-order valence-corrected chi connectivity index (χ2v) is 4.48. The summed E-state index contributed by atoms with van der Waals surface area (Å²) < 4.78 is 0. The van der Waals surface area contributed by atoms with Crippen molar-refractivity contribution in [2.24, 2.45) is 0 Å². The number of anilines is 2. The van der Waals surface area contributed by atoms with Gasteiger partial charge in [-0.25, -0.2) is 4.98 Å². The van der Waals surface area contributed by atoms with Crippen LogP contribution in [0.25, 0.3) is 0 Å². The zero-order valence-electron chi connectivity index (χ0n) is 9.93. The fourth-order valence-corrected chi connectivity index (χ4v) is 2.12. The summed E-state index contributed by atoms with van der Waals surface area (Å²) in [5, 5.41) is 0. The maximum Gasteiger partial charge on any atom is 0.221 e. The molecule has 1 atom stereocenters. The van der Waals surface area contributed by atoms with Gasteiger partial charge in [0.05, 0.1) is 0 Å². The maximum absolute atomic E-state index is 5.60. The third-order valence-corrected chi connectivity index (χ3v) is 3.11. The van der Waals surface area contributed by atoms with E-state index in [0.29, 0.717) is 12.0 Å². The van der Waals surface area contributed by atoms with Crippen molar-refractivity contribution in [2.75, 3.05) is 37.8 Å². The van der Waals surface area contributed by atoms with Gasteiger partial charge in [0.25, 0.3) is 0 Å². The third kappa shape index (κ3) is 2.41. The first kappa shape index (κ1) is 11.1. The van der Waals surface area contributed by atoms with E-state index in [1.165, 1.54) is 12.8 Å². The molecule has 5 heteroatoms. The molecule has 1 fully saturated rings. The van der Waals surface area contributed by atoms with E-state index in [9.17, 15) is 0 Å². The van der Waals surface area contributed by atoms with E-state index in [2.05, 4.69) is 33.9 Å². The Hall–Kier alpha value is -1.36. The highest BCUT2D eigenvalue weighted by molar-refractivity contribution is 5.41. The number of nitrogens with two attached hydrogens (primary N) is 1. The van der Waals surface area contributed by atoms with Crippen molar-refractivity contribution in [3.63, 3.8) is 0 Å². The normalized spacial score (nSPS) is 21.4. The fraction of sp³-hybridized carbons (Fsp3) is 0.636. The zero-order chi connectivity index (χ0) is 11.5. The van der Waals surface area contributed by atoms with Gasteiger partial charge in [0.1, 0.15) is 5.82 Å². The smallest absolute Gasteiger partial charge is 0.221 e. The molecular formula is C11H19N5. The SMILES string of the molecule is CN(C)C1CCCN(c2ccnc(N)n2)C1. The third-order valence-electron chi connectivity index (χ3n) is 3.11. The number of likely N-dealkylation sites (N-methyl/N-ethyl adjacent to an activating group) is 1. The molecule has 1 aromatic heterocycles. The Labute approximate surface area is 96.3 Å². The van der Waals surface area contributed by atoms with E-state index in [0.717, 1.165) is 18.9 Å². The summed E-state index contributed by atoms with van der Waals surface area (Å²) in [6, 6.07) is 2.53. The summed E-state index contributed by atoms with van der Waals surface area (Å²) in [5.41, 5.74) is 5.60. The van der Waals surface area contributed by atoms with Crippen LogP contribution in [0.1, 0.15) is 12.8 Å². The summed E-state index contributed by atoms with van der Waals surface area (Å²) in [4.78, 5) is 12.7. The Kier molecular flexibility index (Phi) is 3.24. The van der Waals surface area contributed by atoms with Gasteiger partial charge >= 0.3 is 0 Å². The quantitative estimate of drug-likeness (QED) is 0.792. The van der Waals surface area contributed by atoms with Gasteiger partial charge < -0.3 is 15.5 Å². The summed E-state index contributed by atoms with van der Waals surface area (Å²) >= 11 is 0. The van der Waals surface area contributed by atoms with Gasteiger partial charge in [-0.05, 0) is 33.0 Å². The molecule has 0 bridgehead atoms. The highest BCUT2D eigenvalue weighted by Crippen LogP contribution is 2.19. The minimum absolute atomic E-state index is 0.351. The first-order valence-electron chi connectivity index (χ1n) is 5.66. The molecule has 1 aromatic rings. The molecule has 16 heavy (non-hydrogen) atoms. The lowest BCUT2D eigenvalue weighted by Gasteiger charge is -2.36. The van der Waals surface area contributed by atoms with E-state index in [-0.39, 0.29) is 0 Å². The number of rotatable bonds is 2. The Morgan fingerprint density at radius 2 is 2.31 bits per heavy atom. The predicted molar refractivity (Wildman–Crippen MR) is 65.4 cm³/mol. The summed E-state index contributed by atoms with van der Waals surface area (Å²) in [7, 11) is 4.25. The van der Waals surface area contributed by atoms with Crippen LogP contribution in [0.15, 0.2) is 12.3 Å². The number of nitrogen functional groups attached to an aromatic ring is 1. The van der Waals surface area contributed by atoms with Gasteiger partial charge in [-0.2, -0.15) is 4.98 Å². The summed E-state index contributed by atoms with van der Waals surface area (Å²) in [6.07, 6.45) is 4.17. The van der Waals surface area contributed by atoms with E-state index in [1.807, 2.05) is 6.07 Å². The summed E-state index contributed by atoms with van der Waals surface area (Å²) in [5.74, 6) is 1.29. The van der Waals surface area contributed by atoms with Crippen molar-refractivity contribution in [1.29, 1.82) is 0 Å². The molecule has 0 aliphatic carbocycles. The average molecular weight is 221 g/mol. The lowest BCUT2D eigenvalue weighted by molar-refractivity contribution is 0.257. The van der Waals surface area contributed by atoms with Gasteiger partial charge in [-0.1, -0.05) is 0 Å². The first-order valence-corrected chi connectivity index (χ1v) is 5.66. The predicted octanol–water partition coefficient (Wildman–Crippen LogP) is 0.589. The molecule has 0 saturated carbocycles. The van der Waals surface area contributed by atoms with Gasteiger partial charge in [-0.3, -0.25) is 0 Å². The summed E-state index contributed by atoms with van der Waals surface area (Å²) in [6.45, 7) is 2.07. The Balaban J connectivity index is 2.09. The number of piperidine rings is 1. The van der Waals surface area contributed by atoms with E-state index >= 15 is 0 Å². The van der Waals surface area contributed by atoms with Crippen LogP contribution < -0.4 is 10.6 Å². The lowest BCUT2D eigenvalue weighted by atomic mass is 10.1. The molecule has 0 aromatic carbocycles. The van der Waals surface area contributed by atoms with Crippen LogP contribution in [0.4, 0.5) is 11.8 Å². The van der Waals surface area contributed by atoms with Crippen LogP contribution in [0, 0.1) is 0 Å². The van der Waals surface area contributed by atoms with E-state index in [1.54, 1.807) is 6.20 Å². The van der Waals surface area contributed by atoms with Crippen molar-refractivity contribution < 1.29 is 0 Å². The fourth-order valence-electron chi connectivity index (χ4n) is 2.12. The lowest BCUT2D eigenvalue weighted by Crippen LogP contribution is -2.45.